The van der Waals surface area contributed by atoms with Gasteiger partial charge in [-0.05, 0) is 88.6 Å². The molecule has 0 saturated carbocycles. The van der Waals surface area contributed by atoms with Crippen molar-refractivity contribution in [2.24, 2.45) is 0 Å². The lowest BCUT2D eigenvalue weighted by Crippen LogP contribution is -1.93. The van der Waals surface area contributed by atoms with E-state index in [0.717, 1.165) is 0 Å². The maximum Gasteiger partial charge on any atom is -0.00199 e. The SMILES string of the molecule is c1ccc(-c2cc(-c3c4ccccc4c(-c4ccccc4)c4ccccc34)c3ccc4ccccc4c3c2)cc1. The van der Waals surface area contributed by atoms with E-state index in [1.54, 1.807) is 0 Å². The van der Waals surface area contributed by atoms with Gasteiger partial charge in [-0.3, -0.25) is 0 Å². The zero-order valence-electron chi connectivity index (χ0n) is 22.0. The van der Waals surface area contributed by atoms with E-state index in [2.05, 4.69) is 158 Å². The average Bonchev–Trinajstić information content (AvgIpc) is 3.04. The normalized spacial score (nSPS) is 11.5. The van der Waals surface area contributed by atoms with Gasteiger partial charge < -0.3 is 0 Å². The molecule has 8 aromatic rings. The van der Waals surface area contributed by atoms with Crippen molar-refractivity contribution in [2.45, 2.75) is 0 Å². The Morgan fingerprint density at radius 2 is 0.750 bits per heavy atom. The van der Waals surface area contributed by atoms with Gasteiger partial charge in [0.1, 0.15) is 0 Å². The molecular formula is C40H26. The van der Waals surface area contributed by atoms with Crippen LogP contribution in [0, 0.1) is 0 Å². The van der Waals surface area contributed by atoms with Crippen LogP contribution in [0.25, 0.3) is 76.5 Å². The van der Waals surface area contributed by atoms with Crippen LogP contribution in [0.1, 0.15) is 0 Å². The zero-order chi connectivity index (χ0) is 26.5. The molecule has 0 nitrogen and oxygen atoms in total. The van der Waals surface area contributed by atoms with Crippen LogP contribution in [0.4, 0.5) is 0 Å². The van der Waals surface area contributed by atoms with E-state index in [1.807, 2.05) is 0 Å². The van der Waals surface area contributed by atoms with Crippen LogP contribution in [0.15, 0.2) is 158 Å². The second kappa shape index (κ2) is 9.22. The Morgan fingerprint density at radius 1 is 0.250 bits per heavy atom. The zero-order valence-corrected chi connectivity index (χ0v) is 22.0. The van der Waals surface area contributed by atoms with Crippen LogP contribution in [0.3, 0.4) is 0 Å². The van der Waals surface area contributed by atoms with Gasteiger partial charge in [-0.15, -0.1) is 0 Å². The lowest BCUT2D eigenvalue weighted by atomic mass is 9.83. The van der Waals surface area contributed by atoms with Crippen LogP contribution < -0.4 is 0 Å². The minimum Gasteiger partial charge on any atom is -0.0622 e. The molecule has 0 heteroatoms. The van der Waals surface area contributed by atoms with Crippen LogP contribution >= 0.6 is 0 Å². The molecular weight excluding hydrogens is 480 g/mol. The van der Waals surface area contributed by atoms with Crippen molar-refractivity contribution in [1.29, 1.82) is 0 Å². The first kappa shape index (κ1) is 22.8. The average molecular weight is 507 g/mol. The first-order chi connectivity index (χ1) is 19.9. The highest BCUT2D eigenvalue weighted by atomic mass is 14.2. The van der Waals surface area contributed by atoms with Gasteiger partial charge in [-0.1, -0.05) is 146 Å². The molecule has 0 radical (unpaired) electrons. The van der Waals surface area contributed by atoms with E-state index in [-0.39, 0.29) is 0 Å². The first-order valence-corrected chi connectivity index (χ1v) is 13.9. The molecule has 0 aliphatic rings. The molecule has 0 bridgehead atoms. The molecule has 40 heavy (non-hydrogen) atoms. The third-order valence-corrected chi connectivity index (χ3v) is 8.23. The van der Waals surface area contributed by atoms with Crippen LogP contribution in [0.2, 0.25) is 0 Å². The quantitative estimate of drug-likeness (QED) is 0.165. The van der Waals surface area contributed by atoms with E-state index in [0.29, 0.717) is 0 Å². The highest BCUT2D eigenvalue weighted by Crippen LogP contribution is 2.46. The van der Waals surface area contributed by atoms with Crippen LogP contribution in [-0.4, -0.2) is 0 Å². The molecule has 0 heterocycles. The van der Waals surface area contributed by atoms with E-state index in [4.69, 9.17) is 0 Å². The van der Waals surface area contributed by atoms with Gasteiger partial charge in [0, 0.05) is 0 Å². The molecule has 0 saturated heterocycles. The lowest BCUT2D eigenvalue weighted by Gasteiger charge is -2.20. The van der Waals surface area contributed by atoms with Crippen molar-refractivity contribution in [3.05, 3.63) is 158 Å². The Labute approximate surface area is 233 Å². The standard InChI is InChI=1S/C40H26/c1-3-13-27(14-4-1)30-25-37-31-18-8-7-15-28(31)23-24-32(37)38(26-30)40-35-21-11-9-19-33(35)39(29-16-5-2-6-17-29)34-20-10-12-22-36(34)40/h1-26H. The van der Waals surface area contributed by atoms with Gasteiger partial charge in [0.2, 0.25) is 0 Å². The summed E-state index contributed by atoms with van der Waals surface area (Å²) in [5.74, 6) is 0. The third-order valence-electron chi connectivity index (χ3n) is 8.23. The van der Waals surface area contributed by atoms with Crippen molar-refractivity contribution in [3.63, 3.8) is 0 Å². The van der Waals surface area contributed by atoms with Crippen molar-refractivity contribution in [2.75, 3.05) is 0 Å². The van der Waals surface area contributed by atoms with Gasteiger partial charge in [-0.2, -0.15) is 0 Å². The maximum absolute atomic E-state index is 2.41. The summed E-state index contributed by atoms with van der Waals surface area (Å²) in [5.41, 5.74) is 7.57. The van der Waals surface area contributed by atoms with E-state index in [9.17, 15) is 0 Å². The number of fused-ring (bicyclic) bond motifs is 5. The predicted octanol–water partition coefficient (Wildman–Crippen LogP) is 11.3. The van der Waals surface area contributed by atoms with Gasteiger partial charge in [0.15, 0.2) is 0 Å². The fourth-order valence-corrected chi connectivity index (χ4v) is 6.45. The van der Waals surface area contributed by atoms with Gasteiger partial charge in [0.25, 0.3) is 0 Å². The van der Waals surface area contributed by atoms with Crippen molar-refractivity contribution >= 4 is 43.1 Å². The fraction of sp³-hybridized carbons (Fsp3) is 0. The van der Waals surface area contributed by atoms with Crippen molar-refractivity contribution in [1.82, 2.24) is 0 Å². The summed E-state index contributed by atoms with van der Waals surface area (Å²) in [5, 5.41) is 10.2. The summed E-state index contributed by atoms with van der Waals surface area (Å²) in [4.78, 5) is 0. The second-order valence-corrected chi connectivity index (χ2v) is 10.5. The molecule has 8 aromatic carbocycles. The molecule has 0 fully saturated rings. The van der Waals surface area contributed by atoms with Crippen LogP contribution in [-0.2, 0) is 0 Å². The largest absolute Gasteiger partial charge is 0.0622 e. The molecule has 0 N–H and O–H groups in total. The molecule has 0 aliphatic carbocycles. The Balaban J connectivity index is 1.58. The van der Waals surface area contributed by atoms with Gasteiger partial charge in [-0.25, -0.2) is 0 Å². The summed E-state index contributed by atoms with van der Waals surface area (Å²) in [6, 6.07) is 57.5. The van der Waals surface area contributed by atoms with Crippen molar-refractivity contribution in [3.8, 4) is 33.4 Å². The monoisotopic (exact) mass is 506 g/mol. The molecule has 186 valence electrons. The molecule has 0 aromatic heterocycles. The van der Waals surface area contributed by atoms with Gasteiger partial charge in [0.05, 0.1) is 0 Å². The van der Waals surface area contributed by atoms with E-state index < -0.39 is 0 Å². The first-order valence-electron chi connectivity index (χ1n) is 13.9. The topological polar surface area (TPSA) is 0 Å². The van der Waals surface area contributed by atoms with Crippen molar-refractivity contribution < 1.29 is 0 Å². The number of rotatable bonds is 3. The number of hydrogen-bond acceptors (Lipinski definition) is 0. The third kappa shape index (κ3) is 3.54. The summed E-state index contributed by atoms with van der Waals surface area (Å²) >= 11 is 0. The number of benzene rings is 8. The van der Waals surface area contributed by atoms with Crippen LogP contribution in [0.5, 0.6) is 0 Å². The minimum atomic E-state index is 1.23. The summed E-state index contributed by atoms with van der Waals surface area (Å²) in [6.07, 6.45) is 0. The smallest absolute Gasteiger partial charge is 0.00199 e. The molecule has 0 aliphatic heterocycles. The van der Waals surface area contributed by atoms with E-state index >= 15 is 0 Å². The summed E-state index contributed by atoms with van der Waals surface area (Å²) < 4.78 is 0. The fourth-order valence-electron chi connectivity index (χ4n) is 6.45. The molecule has 0 amide bonds. The van der Waals surface area contributed by atoms with E-state index in [1.165, 1.54) is 76.5 Å². The Hall–Kier alpha value is -5.20. The molecule has 0 spiro atoms. The Kier molecular flexibility index (Phi) is 5.24. The highest BCUT2D eigenvalue weighted by molar-refractivity contribution is 6.25. The summed E-state index contributed by atoms with van der Waals surface area (Å²) in [6.45, 7) is 0. The van der Waals surface area contributed by atoms with Gasteiger partial charge >= 0.3 is 0 Å². The Bertz CT molecular complexity index is 2130. The molecule has 8 rings (SSSR count). The summed E-state index contributed by atoms with van der Waals surface area (Å²) in [7, 11) is 0. The maximum atomic E-state index is 2.41. The molecule has 0 atom stereocenters. The lowest BCUT2D eigenvalue weighted by molar-refractivity contribution is 1.64. The minimum absolute atomic E-state index is 1.23. The predicted molar refractivity (Wildman–Crippen MR) is 173 cm³/mol. The molecule has 0 unspecified atom stereocenters. The Morgan fingerprint density at radius 3 is 1.38 bits per heavy atom. The second-order valence-electron chi connectivity index (χ2n) is 10.5. The highest BCUT2D eigenvalue weighted by Gasteiger charge is 2.19. The number of hydrogen-bond donors (Lipinski definition) is 0.